The first-order valence-corrected chi connectivity index (χ1v) is 6.73. The Morgan fingerprint density at radius 3 is 2.27 bits per heavy atom. The Hall–Kier alpha value is -1.72. The van der Waals surface area contributed by atoms with Crippen LogP contribution in [0.3, 0.4) is 0 Å². The number of benzene rings is 2. The highest BCUT2D eigenvalue weighted by atomic mass is 35.5. The third-order valence-corrected chi connectivity index (χ3v) is 3.41. The van der Waals surface area contributed by atoms with E-state index in [1.807, 2.05) is 0 Å². The van der Waals surface area contributed by atoms with Crippen molar-refractivity contribution in [3.8, 4) is 0 Å². The molecule has 0 aromatic heterocycles. The van der Waals surface area contributed by atoms with Gasteiger partial charge in [-0.2, -0.15) is 13.2 Å². The largest absolute Gasteiger partial charge is 0.417 e. The quantitative estimate of drug-likeness (QED) is 0.553. The van der Waals surface area contributed by atoms with Crippen molar-refractivity contribution in [3.63, 3.8) is 0 Å². The Balaban J connectivity index is 2.38. The first kappa shape index (κ1) is 16.6. The average molecular weight is 350 g/mol. The van der Waals surface area contributed by atoms with Crippen LogP contribution in [0.4, 0.5) is 17.6 Å². The van der Waals surface area contributed by atoms with Crippen molar-refractivity contribution in [2.75, 3.05) is 0 Å². The zero-order valence-corrected chi connectivity index (χ0v) is 12.4. The predicted octanol–water partition coefficient (Wildman–Crippen LogP) is 5.61. The number of rotatable bonds is 2. The zero-order valence-electron chi connectivity index (χ0n) is 10.9. The maximum atomic E-state index is 13.7. The van der Waals surface area contributed by atoms with Gasteiger partial charge in [-0.05, 0) is 42.0 Å². The van der Waals surface area contributed by atoms with Crippen LogP contribution in [0.25, 0.3) is 11.8 Å². The molecule has 0 aliphatic rings. The summed E-state index contributed by atoms with van der Waals surface area (Å²) in [7, 11) is 0. The third-order valence-electron chi connectivity index (χ3n) is 2.86. The molecule has 2 aromatic rings. The zero-order chi connectivity index (χ0) is 16.5. The van der Waals surface area contributed by atoms with Gasteiger partial charge in [-0.3, -0.25) is 0 Å². The van der Waals surface area contributed by atoms with E-state index in [2.05, 4.69) is 0 Å². The second kappa shape index (κ2) is 6.18. The van der Waals surface area contributed by atoms with Gasteiger partial charge in [0.2, 0.25) is 0 Å². The Morgan fingerprint density at radius 1 is 1.05 bits per heavy atom. The van der Waals surface area contributed by atoms with Crippen LogP contribution in [0.1, 0.15) is 16.7 Å². The van der Waals surface area contributed by atoms with Gasteiger partial charge in [0.1, 0.15) is 5.82 Å². The summed E-state index contributed by atoms with van der Waals surface area (Å²) in [6.45, 7) is 0. The van der Waals surface area contributed by atoms with Crippen LogP contribution >= 0.6 is 23.2 Å². The van der Waals surface area contributed by atoms with E-state index in [0.29, 0.717) is 5.56 Å². The second-order valence-corrected chi connectivity index (χ2v) is 5.30. The molecule has 0 unspecified atom stereocenters. The number of alkyl halides is 3. The average Bonchev–Trinajstić information content (AvgIpc) is 2.36. The predicted molar refractivity (Wildman–Crippen MR) is 79.9 cm³/mol. The molecule has 0 saturated carbocycles. The summed E-state index contributed by atoms with van der Waals surface area (Å²) in [6, 6.07) is 7.10. The van der Waals surface area contributed by atoms with Crippen LogP contribution in [0.5, 0.6) is 0 Å². The summed E-state index contributed by atoms with van der Waals surface area (Å²) in [6.07, 6.45) is -3.20. The molecule has 2 N–H and O–H groups in total. The first-order chi connectivity index (χ1) is 10.2. The van der Waals surface area contributed by atoms with Gasteiger partial charge in [0.05, 0.1) is 10.6 Å². The molecule has 0 bridgehead atoms. The van der Waals surface area contributed by atoms with E-state index >= 15 is 0 Å². The van der Waals surface area contributed by atoms with Gasteiger partial charge in [0, 0.05) is 16.3 Å². The molecule has 0 saturated heterocycles. The van der Waals surface area contributed by atoms with E-state index in [-0.39, 0.29) is 16.3 Å². The van der Waals surface area contributed by atoms with Gasteiger partial charge < -0.3 is 5.73 Å². The monoisotopic (exact) mass is 349 g/mol. The van der Waals surface area contributed by atoms with Gasteiger partial charge in [0.15, 0.2) is 0 Å². The molecule has 0 amide bonds. The van der Waals surface area contributed by atoms with E-state index < -0.39 is 22.6 Å². The SMILES string of the molecule is N/C(=C\c1ccc(C(F)(F)F)c(Cl)c1)c1ccc(Cl)cc1F. The molecule has 0 heterocycles. The van der Waals surface area contributed by atoms with E-state index in [1.165, 1.54) is 24.3 Å². The summed E-state index contributed by atoms with van der Waals surface area (Å²) in [4.78, 5) is 0. The Bertz CT molecular complexity index is 739. The fraction of sp³-hybridized carbons (Fsp3) is 0.0667. The van der Waals surface area contributed by atoms with Gasteiger partial charge in [-0.15, -0.1) is 0 Å². The van der Waals surface area contributed by atoms with Crippen LogP contribution in [-0.4, -0.2) is 0 Å². The fourth-order valence-corrected chi connectivity index (χ4v) is 2.29. The smallest absolute Gasteiger partial charge is 0.398 e. The number of nitrogens with two attached hydrogens (primary N) is 1. The normalized spacial score (nSPS) is 12.5. The molecular formula is C15H9Cl2F4N. The lowest BCUT2D eigenvalue weighted by atomic mass is 10.1. The lowest BCUT2D eigenvalue weighted by Crippen LogP contribution is -2.05. The molecule has 0 radical (unpaired) electrons. The van der Waals surface area contributed by atoms with Gasteiger partial charge >= 0.3 is 6.18 Å². The van der Waals surface area contributed by atoms with Crippen LogP contribution in [0.15, 0.2) is 36.4 Å². The molecule has 7 heteroatoms. The van der Waals surface area contributed by atoms with Crippen molar-refractivity contribution in [1.82, 2.24) is 0 Å². The molecule has 22 heavy (non-hydrogen) atoms. The Labute approximate surface area is 134 Å². The van der Waals surface area contributed by atoms with Crippen molar-refractivity contribution in [2.45, 2.75) is 6.18 Å². The maximum Gasteiger partial charge on any atom is 0.417 e. The summed E-state index contributed by atoms with van der Waals surface area (Å²) >= 11 is 11.3. The molecule has 116 valence electrons. The van der Waals surface area contributed by atoms with Crippen LogP contribution < -0.4 is 5.73 Å². The van der Waals surface area contributed by atoms with E-state index in [1.54, 1.807) is 0 Å². The highest BCUT2D eigenvalue weighted by Gasteiger charge is 2.32. The highest BCUT2D eigenvalue weighted by Crippen LogP contribution is 2.35. The topological polar surface area (TPSA) is 26.0 Å². The van der Waals surface area contributed by atoms with E-state index in [0.717, 1.165) is 18.2 Å². The summed E-state index contributed by atoms with van der Waals surface area (Å²) in [5, 5.41) is -0.239. The minimum absolute atomic E-state index is 0.0463. The maximum absolute atomic E-state index is 13.7. The van der Waals surface area contributed by atoms with Crippen LogP contribution in [0, 0.1) is 5.82 Å². The molecule has 1 nitrogen and oxygen atoms in total. The molecule has 0 spiro atoms. The van der Waals surface area contributed by atoms with E-state index in [9.17, 15) is 17.6 Å². The fourth-order valence-electron chi connectivity index (χ4n) is 1.83. The number of hydrogen-bond donors (Lipinski definition) is 1. The van der Waals surface area contributed by atoms with Crippen molar-refractivity contribution < 1.29 is 17.6 Å². The molecule has 0 aliphatic heterocycles. The van der Waals surface area contributed by atoms with Crippen LogP contribution in [0.2, 0.25) is 10.0 Å². The summed E-state index contributed by atoms with van der Waals surface area (Å²) < 4.78 is 51.6. The molecule has 2 aromatic carbocycles. The third kappa shape index (κ3) is 3.72. The second-order valence-electron chi connectivity index (χ2n) is 4.46. The minimum Gasteiger partial charge on any atom is -0.398 e. The summed E-state index contributed by atoms with van der Waals surface area (Å²) in [5.41, 5.74) is 5.29. The number of hydrogen-bond acceptors (Lipinski definition) is 1. The summed E-state index contributed by atoms with van der Waals surface area (Å²) in [5.74, 6) is -0.626. The van der Waals surface area contributed by atoms with Gasteiger partial charge in [0.25, 0.3) is 0 Å². The van der Waals surface area contributed by atoms with Crippen LogP contribution in [-0.2, 0) is 6.18 Å². The number of halogens is 6. The van der Waals surface area contributed by atoms with Crippen molar-refractivity contribution in [3.05, 3.63) is 69.0 Å². The lowest BCUT2D eigenvalue weighted by Gasteiger charge is -2.09. The first-order valence-electron chi connectivity index (χ1n) is 5.98. The molecule has 0 fully saturated rings. The molecule has 0 aliphatic carbocycles. The minimum atomic E-state index is -4.53. The molecular weight excluding hydrogens is 341 g/mol. The lowest BCUT2D eigenvalue weighted by molar-refractivity contribution is -0.137. The van der Waals surface area contributed by atoms with Crippen molar-refractivity contribution >= 4 is 35.0 Å². The van der Waals surface area contributed by atoms with Crippen molar-refractivity contribution in [1.29, 1.82) is 0 Å². The Kier molecular flexibility index (Phi) is 4.68. The van der Waals surface area contributed by atoms with E-state index in [4.69, 9.17) is 28.9 Å². The van der Waals surface area contributed by atoms with Gasteiger partial charge in [-0.25, -0.2) is 4.39 Å². The highest BCUT2D eigenvalue weighted by molar-refractivity contribution is 6.31. The molecule has 0 atom stereocenters. The van der Waals surface area contributed by atoms with Crippen molar-refractivity contribution in [2.24, 2.45) is 5.73 Å². The standard InChI is InChI=1S/C15H9Cl2F4N/c16-9-2-3-10(13(18)7-9)14(22)6-8-1-4-11(12(17)5-8)15(19,20)21/h1-7H,22H2/b14-6-. The molecule has 2 rings (SSSR count). The Morgan fingerprint density at radius 2 is 1.73 bits per heavy atom. The van der Waals surface area contributed by atoms with Gasteiger partial charge in [-0.1, -0.05) is 29.3 Å².